The molecule has 0 saturated heterocycles. The second-order valence-corrected chi connectivity index (χ2v) is 5.52. The lowest BCUT2D eigenvalue weighted by molar-refractivity contribution is 0.161. The zero-order valence-electron chi connectivity index (χ0n) is 13.8. The normalized spacial score (nSPS) is 11.3. The molecule has 22 heavy (non-hydrogen) atoms. The van der Waals surface area contributed by atoms with E-state index in [1.165, 1.54) is 16.3 Å². The van der Waals surface area contributed by atoms with E-state index in [1.807, 2.05) is 6.07 Å². The number of hydrogen-bond donors (Lipinski definition) is 1. The first-order valence-corrected chi connectivity index (χ1v) is 7.68. The Morgan fingerprint density at radius 3 is 2.55 bits per heavy atom. The summed E-state index contributed by atoms with van der Waals surface area (Å²) in [4.78, 5) is 2.27. The molecule has 0 heterocycles. The molecule has 2 rings (SSSR count). The number of rotatable bonds is 9. The average Bonchev–Trinajstić information content (AvgIpc) is 2.56. The number of nitrogens with one attached hydrogen (secondary N) is 1. The molecule has 0 aliphatic heterocycles. The summed E-state index contributed by atoms with van der Waals surface area (Å²) < 4.78 is 10.3. The molecule has 0 aliphatic carbocycles. The van der Waals surface area contributed by atoms with Crippen LogP contribution in [0.4, 0.5) is 0 Å². The van der Waals surface area contributed by atoms with Crippen LogP contribution in [0.5, 0.6) is 5.75 Å². The van der Waals surface area contributed by atoms with Crippen LogP contribution in [0.2, 0.25) is 0 Å². The maximum atomic E-state index is 5.26. The van der Waals surface area contributed by atoms with Crippen molar-refractivity contribution in [2.75, 3.05) is 47.5 Å². The Morgan fingerprint density at radius 1 is 1.00 bits per heavy atom. The number of likely N-dealkylation sites (N-methyl/N-ethyl adjacent to an activating group) is 1. The van der Waals surface area contributed by atoms with Gasteiger partial charge in [0.25, 0.3) is 0 Å². The number of hydrogen-bond acceptors (Lipinski definition) is 4. The number of benzene rings is 2. The Hall–Kier alpha value is -1.62. The molecule has 4 heteroatoms. The Balaban J connectivity index is 1.82. The lowest BCUT2D eigenvalue weighted by Gasteiger charge is -2.16. The second-order valence-electron chi connectivity index (χ2n) is 5.52. The van der Waals surface area contributed by atoms with Crippen molar-refractivity contribution in [2.24, 2.45) is 0 Å². The van der Waals surface area contributed by atoms with Crippen molar-refractivity contribution in [1.82, 2.24) is 10.2 Å². The smallest absolute Gasteiger partial charge is 0.119 e. The van der Waals surface area contributed by atoms with Gasteiger partial charge in [-0.3, -0.25) is 0 Å². The van der Waals surface area contributed by atoms with Crippen LogP contribution in [-0.4, -0.2) is 52.4 Å². The van der Waals surface area contributed by atoms with Gasteiger partial charge >= 0.3 is 0 Å². The van der Waals surface area contributed by atoms with Crippen LogP contribution in [-0.2, 0) is 11.3 Å². The van der Waals surface area contributed by atoms with Crippen molar-refractivity contribution < 1.29 is 9.47 Å². The Bertz CT molecular complexity index is 586. The summed E-state index contributed by atoms with van der Waals surface area (Å²) in [5, 5.41) is 5.95. The standard InChI is InChI=1S/C18H26N2O2/c1-20(10-11-21-2)9-8-19-14-15-4-5-17-13-18(22-3)7-6-16(17)12-15/h4-7,12-13,19H,8-11,14H2,1-3H3. The minimum absolute atomic E-state index is 0.782. The molecular weight excluding hydrogens is 276 g/mol. The van der Waals surface area contributed by atoms with Crippen LogP contribution in [0.15, 0.2) is 36.4 Å². The van der Waals surface area contributed by atoms with Gasteiger partial charge in [0.05, 0.1) is 13.7 Å². The van der Waals surface area contributed by atoms with Gasteiger partial charge in [0, 0.05) is 33.3 Å². The zero-order valence-corrected chi connectivity index (χ0v) is 13.8. The highest BCUT2D eigenvalue weighted by Gasteiger charge is 2.00. The predicted molar refractivity (Wildman–Crippen MR) is 91.6 cm³/mol. The predicted octanol–water partition coefficient (Wildman–Crippen LogP) is 2.52. The van der Waals surface area contributed by atoms with Crippen molar-refractivity contribution in [1.29, 1.82) is 0 Å². The fourth-order valence-electron chi connectivity index (χ4n) is 2.37. The van der Waals surface area contributed by atoms with Crippen LogP contribution in [0.3, 0.4) is 0 Å². The summed E-state index contributed by atoms with van der Waals surface area (Å²) in [6, 6.07) is 12.7. The van der Waals surface area contributed by atoms with Gasteiger partial charge in [-0.15, -0.1) is 0 Å². The fourth-order valence-corrected chi connectivity index (χ4v) is 2.37. The summed E-state index contributed by atoms with van der Waals surface area (Å²) in [5.74, 6) is 0.900. The largest absolute Gasteiger partial charge is 0.497 e. The minimum Gasteiger partial charge on any atom is -0.497 e. The molecule has 4 nitrogen and oxygen atoms in total. The molecule has 0 radical (unpaired) electrons. The van der Waals surface area contributed by atoms with Gasteiger partial charge in [-0.25, -0.2) is 0 Å². The molecule has 0 atom stereocenters. The molecule has 0 aromatic heterocycles. The van der Waals surface area contributed by atoms with E-state index in [2.05, 4.69) is 47.6 Å². The fraction of sp³-hybridized carbons (Fsp3) is 0.444. The van der Waals surface area contributed by atoms with E-state index in [0.717, 1.165) is 38.5 Å². The molecule has 2 aromatic rings. The van der Waals surface area contributed by atoms with Crippen molar-refractivity contribution in [3.05, 3.63) is 42.0 Å². The topological polar surface area (TPSA) is 33.7 Å². The lowest BCUT2D eigenvalue weighted by atomic mass is 10.1. The van der Waals surface area contributed by atoms with Crippen molar-refractivity contribution in [3.8, 4) is 5.75 Å². The lowest BCUT2D eigenvalue weighted by Crippen LogP contribution is -2.31. The van der Waals surface area contributed by atoms with E-state index in [1.54, 1.807) is 14.2 Å². The molecule has 0 aliphatic rings. The second kappa shape index (κ2) is 8.73. The zero-order chi connectivity index (χ0) is 15.8. The summed E-state index contributed by atoms with van der Waals surface area (Å²) >= 11 is 0. The van der Waals surface area contributed by atoms with Gasteiger partial charge in [-0.05, 0) is 41.6 Å². The van der Waals surface area contributed by atoms with Crippen LogP contribution in [0, 0.1) is 0 Å². The average molecular weight is 302 g/mol. The third kappa shape index (κ3) is 4.98. The molecule has 2 aromatic carbocycles. The van der Waals surface area contributed by atoms with Gasteiger partial charge in [-0.2, -0.15) is 0 Å². The van der Waals surface area contributed by atoms with Gasteiger partial charge in [0.2, 0.25) is 0 Å². The Morgan fingerprint density at radius 2 is 1.77 bits per heavy atom. The summed E-state index contributed by atoms with van der Waals surface area (Å²) in [6.07, 6.45) is 0. The number of nitrogens with zero attached hydrogens (tertiary/aromatic N) is 1. The molecule has 120 valence electrons. The SMILES string of the molecule is COCCN(C)CCNCc1ccc2cc(OC)ccc2c1. The third-order valence-electron chi connectivity index (χ3n) is 3.79. The Kier molecular flexibility index (Phi) is 6.65. The summed E-state index contributed by atoms with van der Waals surface area (Å²) in [7, 11) is 5.55. The molecule has 0 saturated carbocycles. The number of fused-ring (bicyclic) bond motifs is 1. The first-order chi connectivity index (χ1) is 10.7. The van der Waals surface area contributed by atoms with E-state index in [-0.39, 0.29) is 0 Å². The molecular formula is C18H26N2O2. The first-order valence-electron chi connectivity index (χ1n) is 7.68. The molecule has 0 unspecified atom stereocenters. The van der Waals surface area contributed by atoms with E-state index >= 15 is 0 Å². The summed E-state index contributed by atoms with van der Waals surface area (Å²) in [6.45, 7) is 4.63. The van der Waals surface area contributed by atoms with E-state index < -0.39 is 0 Å². The van der Waals surface area contributed by atoms with Crippen LogP contribution in [0.25, 0.3) is 10.8 Å². The maximum Gasteiger partial charge on any atom is 0.119 e. The van der Waals surface area contributed by atoms with Crippen molar-refractivity contribution in [2.45, 2.75) is 6.54 Å². The van der Waals surface area contributed by atoms with Crippen molar-refractivity contribution >= 4 is 10.8 Å². The molecule has 0 fully saturated rings. The van der Waals surface area contributed by atoms with Crippen molar-refractivity contribution in [3.63, 3.8) is 0 Å². The molecule has 0 amide bonds. The van der Waals surface area contributed by atoms with E-state index in [0.29, 0.717) is 0 Å². The van der Waals surface area contributed by atoms with Crippen LogP contribution >= 0.6 is 0 Å². The maximum absolute atomic E-state index is 5.26. The number of ether oxygens (including phenoxy) is 2. The van der Waals surface area contributed by atoms with Crippen LogP contribution in [0.1, 0.15) is 5.56 Å². The van der Waals surface area contributed by atoms with E-state index in [4.69, 9.17) is 9.47 Å². The monoisotopic (exact) mass is 302 g/mol. The molecule has 1 N–H and O–H groups in total. The van der Waals surface area contributed by atoms with Gasteiger partial charge in [0.1, 0.15) is 5.75 Å². The number of methoxy groups -OCH3 is 2. The molecule has 0 bridgehead atoms. The Labute approximate surface area is 133 Å². The van der Waals surface area contributed by atoms with Crippen LogP contribution < -0.4 is 10.1 Å². The third-order valence-corrected chi connectivity index (χ3v) is 3.79. The quantitative estimate of drug-likeness (QED) is 0.722. The highest BCUT2D eigenvalue weighted by molar-refractivity contribution is 5.84. The minimum atomic E-state index is 0.782. The van der Waals surface area contributed by atoms with Gasteiger partial charge in [0.15, 0.2) is 0 Å². The molecule has 0 spiro atoms. The highest BCUT2D eigenvalue weighted by atomic mass is 16.5. The van der Waals surface area contributed by atoms with Gasteiger partial charge < -0.3 is 19.7 Å². The van der Waals surface area contributed by atoms with E-state index in [9.17, 15) is 0 Å². The first kappa shape index (κ1) is 16.7. The van der Waals surface area contributed by atoms with Gasteiger partial charge in [-0.1, -0.05) is 18.2 Å². The highest BCUT2D eigenvalue weighted by Crippen LogP contribution is 2.21. The summed E-state index contributed by atoms with van der Waals surface area (Å²) in [5.41, 5.74) is 1.30.